The van der Waals surface area contributed by atoms with Crippen LogP contribution in [0.2, 0.25) is 0 Å². The monoisotopic (exact) mass is 334 g/mol. The van der Waals surface area contributed by atoms with Crippen LogP contribution in [0.4, 0.5) is 5.69 Å². The van der Waals surface area contributed by atoms with E-state index in [1.54, 1.807) is 23.1 Å². The first-order valence-electron chi connectivity index (χ1n) is 8.65. The number of amides is 2. The zero-order valence-corrected chi connectivity index (χ0v) is 14.5. The van der Waals surface area contributed by atoms with Gasteiger partial charge in [-0.1, -0.05) is 12.8 Å². The summed E-state index contributed by atoms with van der Waals surface area (Å²) >= 11 is 0. The van der Waals surface area contributed by atoms with Gasteiger partial charge >= 0.3 is 11.8 Å². The van der Waals surface area contributed by atoms with E-state index in [2.05, 4.69) is 5.32 Å². The summed E-state index contributed by atoms with van der Waals surface area (Å²) in [6, 6.07) is 5.13. The van der Waals surface area contributed by atoms with Crippen LogP contribution in [0.25, 0.3) is 0 Å². The maximum absolute atomic E-state index is 12.3. The lowest BCUT2D eigenvalue weighted by atomic mass is 10.2. The molecule has 2 amide bonds. The van der Waals surface area contributed by atoms with E-state index < -0.39 is 11.8 Å². The quantitative estimate of drug-likeness (QED) is 0.841. The van der Waals surface area contributed by atoms with E-state index in [0.717, 1.165) is 25.7 Å². The average molecular weight is 334 g/mol. The Labute approximate surface area is 143 Å². The minimum absolute atomic E-state index is 0.469. The van der Waals surface area contributed by atoms with Crippen molar-refractivity contribution < 1.29 is 19.1 Å². The van der Waals surface area contributed by atoms with Gasteiger partial charge in [-0.2, -0.15) is 0 Å². The summed E-state index contributed by atoms with van der Waals surface area (Å²) < 4.78 is 11.0. The number of rotatable bonds is 5. The Balaban J connectivity index is 2.04. The normalized spacial score (nSPS) is 14.7. The molecule has 1 aliphatic heterocycles. The standard InChI is InChI=1S/C18H26N2O4/c1-3-23-15-10-9-14(13-16(15)24-4-2)19-17(21)18(22)20-11-7-5-6-8-12-20/h9-10,13H,3-8,11-12H2,1-2H3,(H,19,21). The molecule has 1 fully saturated rings. The van der Waals surface area contributed by atoms with Crippen LogP contribution < -0.4 is 14.8 Å². The first kappa shape index (κ1) is 18.1. The molecule has 1 heterocycles. The minimum atomic E-state index is -0.608. The molecule has 0 atom stereocenters. The summed E-state index contributed by atoms with van der Waals surface area (Å²) in [5, 5.41) is 2.66. The number of benzene rings is 1. The second kappa shape index (κ2) is 9.15. The Morgan fingerprint density at radius 2 is 1.62 bits per heavy atom. The molecule has 1 saturated heterocycles. The summed E-state index contributed by atoms with van der Waals surface area (Å²) in [5.74, 6) is 0.0998. The fraction of sp³-hybridized carbons (Fsp3) is 0.556. The molecular formula is C18H26N2O4. The van der Waals surface area contributed by atoms with E-state index in [1.165, 1.54) is 0 Å². The van der Waals surface area contributed by atoms with Gasteiger partial charge < -0.3 is 19.7 Å². The van der Waals surface area contributed by atoms with Gasteiger partial charge in [0.15, 0.2) is 11.5 Å². The zero-order valence-electron chi connectivity index (χ0n) is 14.5. The Bertz CT molecular complexity index is 566. The van der Waals surface area contributed by atoms with Crippen LogP contribution in [0.3, 0.4) is 0 Å². The molecule has 24 heavy (non-hydrogen) atoms. The second-order valence-electron chi connectivity index (χ2n) is 5.69. The molecule has 2 rings (SSSR count). The number of nitrogens with zero attached hydrogens (tertiary/aromatic N) is 1. The van der Waals surface area contributed by atoms with Gasteiger partial charge in [0.05, 0.1) is 13.2 Å². The predicted octanol–water partition coefficient (Wildman–Crippen LogP) is 2.83. The third-order valence-corrected chi connectivity index (χ3v) is 3.89. The van der Waals surface area contributed by atoms with Crippen molar-refractivity contribution in [1.82, 2.24) is 4.90 Å². The maximum Gasteiger partial charge on any atom is 0.313 e. The maximum atomic E-state index is 12.3. The zero-order chi connectivity index (χ0) is 17.4. The highest BCUT2D eigenvalue weighted by atomic mass is 16.5. The molecule has 0 spiro atoms. The van der Waals surface area contributed by atoms with Gasteiger partial charge in [-0.25, -0.2) is 0 Å². The van der Waals surface area contributed by atoms with Crippen LogP contribution in [0, 0.1) is 0 Å². The highest BCUT2D eigenvalue weighted by Crippen LogP contribution is 2.30. The van der Waals surface area contributed by atoms with Crippen LogP contribution in [0.15, 0.2) is 18.2 Å². The minimum Gasteiger partial charge on any atom is -0.490 e. The van der Waals surface area contributed by atoms with Crippen LogP contribution in [0.5, 0.6) is 11.5 Å². The van der Waals surface area contributed by atoms with Gasteiger partial charge in [0, 0.05) is 24.8 Å². The number of hydrogen-bond acceptors (Lipinski definition) is 4. The summed E-state index contributed by atoms with van der Waals surface area (Å²) in [6.45, 7) is 6.10. The third kappa shape index (κ3) is 4.88. The topological polar surface area (TPSA) is 67.9 Å². The van der Waals surface area contributed by atoms with Gasteiger partial charge in [0.25, 0.3) is 0 Å². The Kier molecular flexibility index (Phi) is 6.90. The molecule has 0 saturated carbocycles. The van der Waals surface area contributed by atoms with E-state index in [1.807, 2.05) is 13.8 Å². The van der Waals surface area contributed by atoms with Gasteiger partial charge in [0.1, 0.15) is 0 Å². The van der Waals surface area contributed by atoms with Gasteiger partial charge in [-0.05, 0) is 38.8 Å². The van der Waals surface area contributed by atoms with Crippen LogP contribution in [-0.2, 0) is 9.59 Å². The molecule has 1 aromatic rings. The molecule has 0 radical (unpaired) electrons. The lowest BCUT2D eigenvalue weighted by Crippen LogP contribution is -2.40. The van der Waals surface area contributed by atoms with Crippen molar-refractivity contribution >= 4 is 17.5 Å². The van der Waals surface area contributed by atoms with Crippen molar-refractivity contribution in [3.63, 3.8) is 0 Å². The third-order valence-electron chi connectivity index (χ3n) is 3.89. The molecule has 1 aliphatic rings. The van der Waals surface area contributed by atoms with E-state index in [4.69, 9.17) is 9.47 Å². The Morgan fingerprint density at radius 3 is 2.25 bits per heavy atom. The molecule has 0 aliphatic carbocycles. The van der Waals surface area contributed by atoms with Crippen molar-refractivity contribution in [2.75, 3.05) is 31.6 Å². The van der Waals surface area contributed by atoms with Crippen molar-refractivity contribution in [2.45, 2.75) is 39.5 Å². The fourth-order valence-corrected chi connectivity index (χ4v) is 2.73. The highest BCUT2D eigenvalue weighted by molar-refractivity contribution is 6.39. The van der Waals surface area contributed by atoms with E-state index in [9.17, 15) is 9.59 Å². The molecule has 1 N–H and O–H groups in total. The van der Waals surface area contributed by atoms with Gasteiger partial charge in [0.2, 0.25) is 0 Å². The van der Waals surface area contributed by atoms with E-state index >= 15 is 0 Å². The molecular weight excluding hydrogens is 308 g/mol. The molecule has 6 nitrogen and oxygen atoms in total. The van der Waals surface area contributed by atoms with Crippen LogP contribution in [0.1, 0.15) is 39.5 Å². The van der Waals surface area contributed by atoms with Gasteiger partial charge in [-0.15, -0.1) is 0 Å². The summed E-state index contributed by atoms with van der Waals surface area (Å²) in [6.07, 6.45) is 4.14. The molecule has 0 aromatic heterocycles. The number of carbonyl (C=O) groups excluding carboxylic acids is 2. The first-order chi connectivity index (χ1) is 11.7. The molecule has 132 valence electrons. The van der Waals surface area contributed by atoms with E-state index in [0.29, 0.717) is 43.5 Å². The fourth-order valence-electron chi connectivity index (χ4n) is 2.73. The van der Waals surface area contributed by atoms with Crippen LogP contribution >= 0.6 is 0 Å². The Morgan fingerprint density at radius 1 is 1.00 bits per heavy atom. The lowest BCUT2D eigenvalue weighted by Gasteiger charge is -2.19. The van der Waals surface area contributed by atoms with Crippen molar-refractivity contribution in [2.24, 2.45) is 0 Å². The SMILES string of the molecule is CCOc1ccc(NC(=O)C(=O)N2CCCCCC2)cc1OCC. The second-order valence-corrected chi connectivity index (χ2v) is 5.69. The average Bonchev–Trinajstić information content (AvgIpc) is 2.86. The molecule has 0 unspecified atom stereocenters. The molecule has 0 bridgehead atoms. The number of nitrogens with one attached hydrogen (secondary N) is 1. The number of anilines is 1. The Hall–Kier alpha value is -2.24. The number of ether oxygens (including phenoxy) is 2. The summed E-state index contributed by atoms with van der Waals surface area (Å²) in [4.78, 5) is 26.2. The summed E-state index contributed by atoms with van der Waals surface area (Å²) in [5.41, 5.74) is 0.523. The number of carbonyl (C=O) groups is 2. The van der Waals surface area contributed by atoms with Gasteiger partial charge in [-0.3, -0.25) is 9.59 Å². The number of likely N-dealkylation sites (tertiary alicyclic amines) is 1. The molecule has 1 aromatic carbocycles. The van der Waals surface area contributed by atoms with E-state index in [-0.39, 0.29) is 0 Å². The van der Waals surface area contributed by atoms with Crippen LogP contribution in [-0.4, -0.2) is 43.0 Å². The first-order valence-corrected chi connectivity index (χ1v) is 8.65. The highest BCUT2D eigenvalue weighted by Gasteiger charge is 2.23. The van der Waals surface area contributed by atoms with Crippen molar-refractivity contribution in [3.8, 4) is 11.5 Å². The molecule has 6 heteroatoms. The lowest BCUT2D eigenvalue weighted by molar-refractivity contribution is -0.143. The van der Waals surface area contributed by atoms with Crippen molar-refractivity contribution in [3.05, 3.63) is 18.2 Å². The van der Waals surface area contributed by atoms with Crippen molar-refractivity contribution in [1.29, 1.82) is 0 Å². The largest absolute Gasteiger partial charge is 0.490 e. The predicted molar refractivity (Wildman–Crippen MR) is 92.5 cm³/mol. The number of hydrogen-bond donors (Lipinski definition) is 1. The smallest absolute Gasteiger partial charge is 0.313 e. The summed E-state index contributed by atoms with van der Waals surface area (Å²) in [7, 11) is 0.